The van der Waals surface area contributed by atoms with Gasteiger partial charge in [0.2, 0.25) is 5.91 Å². The number of rotatable bonds is 3. The summed E-state index contributed by atoms with van der Waals surface area (Å²) < 4.78 is 30.8. The van der Waals surface area contributed by atoms with Gasteiger partial charge in [0.15, 0.2) is 0 Å². The van der Waals surface area contributed by atoms with Gasteiger partial charge in [0, 0.05) is 21.9 Å². The average molecular weight is 349 g/mol. The van der Waals surface area contributed by atoms with Crippen molar-refractivity contribution in [1.82, 2.24) is 4.57 Å². The maximum Gasteiger partial charge on any atom is 0.249 e. The molecule has 0 fully saturated rings. The van der Waals surface area contributed by atoms with Gasteiger partial charge in [0.05, 0.1) is 17.6 Å². The molecule has 0 spiro atoms. The van der Waals surface area contributed by atoms with Crippen LogP contribution in [0.4, 0.5) is 8.78 Å². The molecule has 1 aromatic heterocycles. The number of amides is 1. The fraction of sp³-hybridized carbons (Fsp3) is 0.0952. The predicted octanol–water partition coefficient (Wildman–Crippen LogP) is 4.33. The number of aromatic nitrogens is 1. The van der Waals surface area contributed by atoms with E-state index in [1.165, 1.54) is 12.1 Å². The number of carbonyl (C=O) groups is 1. The lowest BCUT2D eigenvalue weighted by atomic mass is 10.1. The van der Waals surface area contributed by atoms with Crippen molar-refractivity contribution in [2.24, 2.45) is 5.73 Å². The van der Waals surface area contributed by atoms with Crippen LogP contribution in [0.3, 0.4) is 0 Å². The molecule has 0 unspecified atom stereocenters. The lowest BCUT2D eigenvalue weighted by Crippen LogP contribution is -2.11. The van der Waals surface area contributed by atoms with Crippen LogP contribution in [-0.4, -0.2) is 10.5 Å². The monoisotopic (exact) mass is 349 g/mol. The molecule has 1 radical (unpaired) electrons. The van der Waals surface area contributed by atoms with E-state index in [1.807, 2.05) is 0 Å². The molecule has 0 bridgehead atoms. The molecule has 2 N–H and O–H groups in total. The summed E-state index contributed by atoms with van der Waals surface area (Å²) >= 11 is 0. The minimum atomic E-state index is -0.603. The number of hydrogen-bond donors (Lipinski definition) is 1. The van der Waals surface area contributed by atoms with Gasteiger partial charge < -0.3 is 10.3 Å². The Kier molecular flexibility index (Phi) is 3.72. The lowest BCUT2D eigenvalue weighted by Gasteiger charge is -2.10. The van der Waals surface area contributed by atoms with E-state index in [-0.39, 0.29) is 23.4 Å². The number of hydrogen-bond acceptors (Lipinski definition) is 1. The van der Waals surface area contributed by atoms with E-state index in [9.17, 15) is 13.6 Å². The minimum Gasteiger partial charge on any atom is -0.366 e. The van der Waals surface area contributed by atoms with Crippen LogP contribution in [0.5, 0.6) is 0 Å². The number of halogens is 2. The second-order valence-corrected chi connectivity index (χ2v) is 6.25. The fourth-order valence-electron chi connectivity index (χ4n) is 3.44. The molecular formula is C21H15F2N2O. The number of fused-ring (bicyclic) bond motifs is 3. The first-order valence-electron chi connectivity index (χ1n) is 8.14. The van der Waals surface area contributed by atoms with E-state index >= 15 is 0 Å². The van der Waals surface area contributed by atoms with Crippen LogP contribution in [0.1, 0.15) is 21.5 Å². The van der Waals surface area contributed by atoms with Crippen LogP contribution < -0.4 is 5.73 Å². The Morgan fingerprint density at radius 1 is 1.15 bits per heavy atom. The number of nitrogens with zero attached hydrogens (tertiary/aromatic N) is 1. The molecule has 0 aliphatic heterocycles. The van der Waals surface area contributed by atoms with E-state index in [0.717, 1.165) is 0 Å². The van der Waals surface area contributed by atoms with Gasteiger partial charge in [-0.25, -0.2) is 8.78 Å². The van der Waals surface area contributed by atoms with E-state index in [4.69, 9.17) is 5.73 Å². The molecule has 5 heteroatoms. The SMILES string of the molecule is Cc1cccc(Cn2c3cccc(C(N)=O)c3c3[c]ccc(F)c32)c1F. The van der Waals surface area contributed by atoms with Crippen molar-refractivity contribution in [2.45, 2.75) is 13.5 Å². The third kappa shape index (κ3) is 2.36. The highest BCUT2D eigenvalue weighted by atomic mass is 19.1. The standard InChI is InChI=1S/C21H15F2N2O/c1-12-5-2-6-13(19(12)23)11-25-17-10-4-8-15(21(24)26)18(17)14-7-3-9-16(22)20(14)25/h2-6,8-10H,11H2,1H3,(H2,24,26). The Hall–Kier alpha value is -3.21. The van der Waals surface area contributed by atoms with Gasteiger partial charge in [-0.2, -0.15) is 0 Å². The maximum atomic E-state index is 14.6. The Balaban J connectivity index is 2.09. The van der Waals surface area contributed by atoms with Crippen LogP contribution in [0, 0.1) is 24.6 Å². The topological polar surface area (TPSA) is 48.0 Å². The van der Waals surface area contributed by atoms with Gasteiger partial charge in [-0.3, -0.25) is 4.79 Å². The fourth-order valence-corrected chi connectivity index (χ4v) is 3.44. The molecule has 0 saturated heterocycles. The molecule has 26 heavy (non-hydrogen) atoms. The third-order valence-electron chi connectivity index (χ3n) is 4.64. The van der Waals surface area contributed by atoms with Gasteiger partial charge in [-0.05, 0) is 36.8 Å². The van der Waals surface area contributed by atoms with E-state index in [2.05, 4.69) is 6.07 Å². The zero-order chi connectivity index (χ0) is 18.4. The molecule has 4 aromatic rings. The summed E-state index contributed by atoms with van der Waals surface area (Å²) in [5, 5.41) is 0.991. The molecule has 0 saturated carbocycles. The highest BCUT2D eigenvalue weighted by molar-refractivity contribution is 6.17. The minimum absolute atomic E-state index is 0.129. The first-order valence-corrected chi connectivity index (χ1v) is 8.14. The van der Waals surface area contributed by atoms with Crippen molar-refractivity contribution in [3.05, 3.63) is 82.9 Å². The molecule has 1 heterocycles. The summed E-state index contributed by atoms with van der Waals surface area (Å²) in [7, 11) is 0. The summed E-state index contributed by atoms with van der Waals surface area (Å²) in [5.41, 5.74) is 7.64. The van der Waals surface area contributed by atoms with Crippen molar-refractivity contribution in [3.63, 3.8) is 0 Å². The van der Waals surface area contributed by atoms with Crippen molar-refractivity contribution in [2.75, 3.05) is 0 Å². The molecule has 4 rings (SSSR count). The molecule has 0 aliphatic carbocycles. The molecule has 1 amide bonds. The molecule has 3 nitrogen and oxygen atoms in total. The normalized spacial score (nSPS) is 11.3. The summed E-state index contributed by atoms with van der Waals surface area (Å²) in [6, 6.07) is 15.9. The predicted molar refractivity (Wildman–Crippen MR) is 97.0 cm³/mol. The first-order chi connectivity index (χ1) is 12.5. The Labute approximate surface area is 148 Å². The first kappa shape index (κ1) is 16.3. The van der Waals surface area contributed by atoms with Crippen molar-refractivity contribution < 1.29 is 13.6 Å². The summed E-state index contributed by atoms with van der Waals surface area (Å²) in [6.07, 6.45) is 0. The van der Waals surface area contributed by atoms with Gasteiger partial charge in [0.25, 0.3) is 0 Å². The second kappa shape index (κ2) is 5.95. The van der Waals surface area contributed by atoms with Crippen molar-refractivity contribution in [1.29, 1.82) is 0 Å². The van der Waals surface area contributed by atoms with Crippen LogP contribution in [0.2, 0.25) is 0 Å². The van der Waals surface area contributed by atoms with Crippen molar-refractivity contribution in [3.8, 4) is 0 Å². The van der Waals surface area contributed by atoms with E-state index in [1.54, 1.807) is 47.9 Å². The zero-order valence-electron chi connectivity index (χ0n) is 14.0. The van der Waals surface area contributed by atoms with E-state index < -0.39 is 11.7 Å². The van der Waals surface area contributed by atoms with Crippen LogP contribution >= 0.6 is 0 Å². The Morgan fingerprint density at radius 2 is 1.92 bits per heavy atom. The van der Waals surface area contributed by atoms with Gasteiger partial charge in [-0.1, -0.05) is 30.3 Å². The van der Waals surface area contributed by atoms with Gasteiger partial charge >= 0.3 is 0 Å². The van der Waals surface area contributed by atoms with Gasteiger partial charge in [-0.15, -0.1) is 0 Å². The van der Waals surface area contributed by atoms with Crippen LogP contribution in [0.25, 0.3) is 21.8 Å². The summed E-state index contributed by atoms with van der Waals surface area (Å²) in [4.78, 5) is 11.9. The summed E-state index contributed by atoms with van der Waals surface area (Å²) in [5.74, 6) is -1.39. The number of aryl methyl sites for hydroxylation is 1. The number of nitrogens with two attached hydrogens (primary N) is 1. The smallest absolute Gasteiger partial charge is 0.249 e. The molecule has 0 aliphatic rings. The maximum absolute atomic E-state index is 14.6. The Morgan fingerprint density at radius 3 is 2.69 bits per heavy atom. The molecular weight excluding hydrogens is 334 g/mol. The highest BCUT2D eigenvalue weighted by Crippen LogP contribution is 2.33. The number of primary amides is 1. The number of carbonyl (C=O) groups excluding carboxylic acids is 1. The molecule has 129 valence electrons. The quantitative estimate of drug-likeness (QED) is 0.588. The van der Waals surface area contributed by atoms with Crippen molar-refractivity contribution >= 4 is 27.7 Å². The average Bonchev–Trinajstić information content (AvgIpc) is 2.94. The lowest BCUT2D eigenvalue weighted by molar-refractivity contribution is 0.100. The second-order valence-electron chi connectivity index (χ2n) is 6.25. The molecule has 3 aromatic carbocycles. The third-order valence-corrected chi connectivity index (χ3v) is 4.64. The Bertz CT molecular complexity index is 1180. The van der Waals surface area contributed by atoms with Crippen LogP contribution in [0.15, 0.2) is 48.5 Å². The number of benzene rings is 3. The highest BCUT2D eigenvalue weighted by Gasteiger charge is 2.19. The molecule has 0 atom stereocenters. The van der Waals surface area contributed by atoms with Gasteiger partial charge in [0.1, 0.15) is 11.6 Å². The van der Waals surface area contributed by atoms with E-state index in [0.29, 0.717) is 27.4 Å². The zero-order valence-corrected chi connectivity index (χ0v) is 14.0. The largest absolute Gasteiger partial charge is 0.366 e. The van der Waals surface area contributed by atoms with Crippen LogP contribution in [-0.2, 0) is 6.54 Å². The summed E-state index contributed by atoms with van der Waals surface area (Å²) in [6.45, 7) is 1.81.